The Morgan fingerprint density at radius 2 is 1.86 bits per heavy atom. The van der Waals surface area contributed by atoms with Gasteiger partial charge in [-0.05, 0) is 38.5 Å². The van der Waals surface area contributed by atoms with Gasteiger partial charge < -0.3 is 10.6 Å². The molecule has 1 saturated carbocycles. The highest BCUT2D eigenvalue weighted by atomic mass is 15.3. The Morgan fingerprint density at radius 3 is 2.36 bits per heavy atom. The highest BCUT2D eigenvalue weighted by Crippen LogP contribution is 2.37. The topological polar surface area (TPSA) is 41.6 Å². The van der Waals surface area contributed by atoms with E-state index in [4.69, 9.17) is 5.73 Å². The second kappa shape index (κ2) is 3.79. The molecule has 2 aliphatic rings. The molecule has 2 atom stereocenters. The summed E-state index contributed by atoms with van der Waals surface area (Å²) in [6.07, 6.45) is 4.22. The van der Waals surface area contributed by atoms with Crippen molar-refractivity contribution in [2.24, 2.45) is 22.6 Å². The molecule has 2 fully saturated rings. The number of hydrogen-bond acceptors (Lipinski definition) is 1. The molecule has 1 saturated heterocycles. The normalized spacial score (nSPS) is 32.8. The van der Waals surface area contributed by atoms with Gasteiger partial charge in [0.15, 0.2) is 5.96 Å². The molecular weight excluding hydrogens is 174 g/mol. The fourth-order valence-electron chi connectivity index (χ4n) is 2.77. The molecule has 3 nitrogen and oxygen atoms in total. The molecular formula is C11H21N3. The second-order valence-corrected chi connectivity index (χ2v) is 4.94. The molecule has 2 rings (SSSR count). The van der Waals surface area contributed by atoms with Crippen LogP contribution in [0, 0.1) is 11.8 Å². The number of hydrogen-bond donors (Lipinski definition) is 1. The fraction of sp³-hybridized carbons (Fsp3) is 0.909. The van der Waals surface area contributed by atoms with Crippen molar-refractivity contribution >= 4 is 5.96 Å². The largest absolute Gasteiger partial charge is 0.370 e. The van der Waals surface area contributed by atoms with Crippen LogP contribution < -0.4 is 5.73 Å². The van der Waals surface area contributed by atoms with E-state index < -0.39 is 0 Å². The Kier molecular flexibility index (Phi) is 2.66. The molecule has 2 unspecified atom stereocenters. The Labute approximate surface area is 86.4 Å². The minimum atomic E-state index is 0.315. The summed E-state index contributed by atoms with van der Waals surface area (Å²) in [7, 11) is 0. The van der Waals surface area contributed by atoms with Gasteiger partial charge in [0.2, 0.25) is 0 Å². The molecule has 1 aliphatic heterocycles. The highest BCUT2D eigenvalue weighted by Gasteiger charge is 2.36. The van der Waals surface area contributed by atoms with Crippen LogP contribution in [0.4, 0.5) is 0 Å². The van der Waals surface area contributed by atoms with E-state index in [-0.39, 0.29) is 0 Å². The van der Waals surface area contributed by atoms with Crippen LogP contribution in [0.2, 0.25) is 0 Å². The molecule has 0 amide bonds. The summed E-state index contributed by atoms with van der Waals surface area (Å²) in [4.78, 5) is 6.68. The minimum Gasteiger partial charge on any atom is -0.370 e. The van der Waals surface area contributed by atoms with Gasteiger partial charge in [0.05, 0.1) is 0 Å². The zero-order valence-corrected chi connectivity index (χ0v) is 9.24. The molecule has 0 radical (unpaired) electrons. The molecule has 1 aliphatic carbocycles. The molecule has 14 heavy (non-hydrogen) atoms. The number of nitrogens with zero attached hydrogens (tertiary/aromatic N) is 2. The third kappa shape index (κ3) is 1.86. The Bertz CT molecular complexity index is 223. The molecule has 0 bridgehead atoms. The van der Waals surface area contributed by atoms with Crippen molar-refractivity contribution in [1.82, 2.24) is 4.90 Å². The van der Waals surface area contributed by atoms with E-state index in [0.717, 1.165) is 30.9 Å². The summed E-state index contributed by atoms with van der Waals surface area (Å²) < 4.78 is 0. The smallest absolute Gasteiger partial charge is 0.191 e. The number of nitrogens with two attached hydrogens (primary N) is 1. The average Bonchev–Trinajstić information content (AvgIpc) is 2.58. The number of aliphatic imine (C=N–C) groups is 1. The minimum absolute atomic E-state index is 0.315. The summed E-state index contributed by atoms with van der Waals surface area (Å²) >= 11 is 0. The maximum atomic E-state index is 5.96. The molecule has 80 valence electrons. The highest BCUT2D eigenvalue weighted by molar-refractivity contribution is 5.78. The van der Waals surface area contributed by atoms with Crippen LogP contribution in [0.25, 0.3) is 0 Å². The van der Waals surface area contributed by atoms with Gasteiger partial charge in [0.25, 0.3) is 0 Å². The SMILES string of the molecule is CC(C)N=C(N)N1CC2CCCC2C1. The first kappa shape index (κ1) is 9.81. The summed E-state index contributed by atoms with van der Waals surface area (Å²) in [5.41, 5.74) is 5.96. The van der Waals surface area contributed by atoms with Crippen LogP contribution in [0.15, 0.2) is 4.99 Å². The van der Waals surface area contributed by atoms with Gasteiger partial charge in [-0.3, -0.25) is 4.99 Å². The van der Waals surface area contributed by atoms with Gasteiger partial charge in [-0.2, -0.15) is 0 Å². The number of fused-ring (bicyclic) bond motifs is 1. The van der Waals surface area contributed by atoms with E-state index >= 15 is 0 Å². The van der Waals surface area contributed by atoms with E-state index in [0.29, 0.717) is 6.04 Å². The third-order valence-electron chi connectivity index (χ3n) is 3.44. The summed E-state index contributed by atoms with van der Waals surface area (Å²) in [5, 5.41) is 0. The van der Waals surface area contributed by atoms with Crippen molar-refractivity contribution in [2.75, 3.05) is 13.1 Å². The first-order valence-corrected chi connectivity index (χ1v) is 5.75. The van der Waals surface area contributed by atoms with Gasteiger partial charge in [-0.1, -0.05) is 6.42 Å². The Morgan fingerprint density at radius 1 is 1.29 bits per heavy atom. The van der Waals surface area contributed by atoms with Crippen LogP contribution >= 0.6 is 0 Å². The van der Waals surface area contributed by atoms with E-state index in [1.165, 1.54) is 19.3 Å². The molecule has 0 aromatic heterocycles. The number of guanidine groups is 1. The first-order chi connectivity index (χ1) is 6.66. The lowest BCUT2D eigenvalue weighted by molar-refractivity contribution is 0.456. The Balaban J connectivity index is 1.95. The zero-order valence-electron chi connectivity index (χ0n) is 9.24. The summed E-state index contributed by atoms with van der Waals surface area (Å²) in [6.45, 7) is 6.44. The Hall–Kier alpha value is -0.730. The van der Waals surface area contributed by atoms with Gasteiger partial charge in [-0.15, -0.1) is 0 Å². The molecule has 1 heterocycles. The maximum Gasteiger partial charge on any atom is 0.191 e. The van der Waals surface area contributed by atoms with E-state index in [2.05, 4.69) is 23.7 Å². The molecule has 2 N–H and O–H groups in total. The maximum absolute atomic E-state index is 5.96. The van der Waals surface area contributed by atoms with Crippen molar-refractivity contribution in [2.45, 2.75) is 39.2 Å². The number of rotatable bonds is 1. The molecule has 3 heteroatoms. The van der Waals surface area contributed by atoms with Gasteiger partial charge in [0.1, 0.15) is 0 Å². The van der Waals surface area contributed by atoms with Crippen molar-refractivity contribution < 1.29 is 0 Å². The third-order valence-corrected chi connectivity index (χ3v) is 3.44. The van der Waals surface area contributed by atoms with Crippen LogP contribution in [-0.2, 0) is 0 Å². The van der Waals surface area contributed by atoms with Crippen molar-refractivity contribution in [1.29, 1.82) is 0 Å². The average molecular weight is 195 g/mol. The second-order valence-electron chi connectivity index (χ2n) is 4.94. The van der Waals surface area contributed by atoms with Crippen molar-refractivity contribution in [3.05, 3.63) is 0 Å². The lowest BCUT2D eigenvalue weighted by Crippen LogP contribution is -2.36. The molecule has 0 aromatic carbocycles. The predicted octanol–water partition coefficient (Wildman–Crippen LogP) is 1.44. The molecule has 0 aromatic rings. The monoisotopic (exact) mass is 195 g/mol. The lowest BCUT2D eigenvalue weighted by atomic mass is 10.0. The molecule has 0 spiro atoms. The van der Waals surface area contributed by atoms with Gasteiger partial charge >= 0.3 is 0 Å². The van der Waals surface area contributed by atoms with Crippen LogP contribution in [-0.4, -0.2) is 30.0 Å². The zero-order chi connectivity index (χ0) is 10.1. The predicted molar refractivity (Wildman–Crippen MR) is 59.2 cm³/mol. The van der Waals surface area contributed by atoms with E-state index in [1.54, 1.807) is 0 Å². The standard InChI is InChI=1S/C11H21N3/c1-8(2)13-11(12)14-6-9-4-3-5-10(9)7-14/h8-10H,3-7H2,1-2H3,(H2,12,13). The van der Waals surface area contributed by atoms with Gasteiger partial charge in [0, 0.05) is 19.1 Å². The fourth-order valence-corrected chi connectivity index (χ4v) is 2.77. The van der Waals surface area contributed by atoms with Crippen LogP contribution in [0.3, 0.4) is 0 Å². The lowest BCUT2D eigenvalue weighted by Gasteiger charge is -2.18. The van der Waals surface area contributed by atoms with Gasteiger partial charge in [-0.25, -0.2) is 0 Å². The van der Waals surface area contributed by atoms with Crippen molar-refractivity contribution in [3.63, 3.8) is 0 Å². The summed E-state index contributed by atoms with van der Waals surface area (Å²) in [5.74, 6) is 2.56. The van der Waals surface area contributed by atoms with E-state index in [9.17, 15) is 0 Å². The number of likely N-dealkylation sites (tertiary alicyclic amines) is 1. The van der Waals surface area contributed by atoms with Crippen molar-refractivity contribution in [3.8, 4) is 0 Å². The quantitative estimate of drug-likeness (QED) is 0.508. The van der Waals surface area contributed by atoms with E-state index in [1.807, 2.05) is 0 Å². The van der Waals surface area contributed by atoms with Crippen LogP contribution in [0.5, 0.6) is 0 Å². The first-order valence-electron chi connectivity index (χ1n) is 5.75. The van der Waals surface area contributed by atoms with Crippen LogP contribution in [0.1, 0.15) is 33.1 Å². The summed E-state index contributed by atoms with van der Waals surface area (Å²) in [6, 6.07) is 0.315.